The normalized spacial score (nSPS) is 11.0. The number of anilines is 3. The monoisotopic (exact) mass is 282 g/mol. The fraction of sp³-hybridized carbons (Fsp3) is 0.278. The first-order valence-corrected chi connectivity index (χ1v) is 7.10. The Labute approximate surface area is 126 Å². The van der Waals surface area contributed by atoms with Crippen LogP contribution in [0.25, 0.3) is 0 Å². The van der Waals surface area contributed by atoms with Crippen LogP contribution >= 0.6 is 0 Å². The van der Waals surface area contributed by atoms with E-state index in [9.17, 15) is 4.79 Å². The number of hydrogen-bond donors (Lipinski definition) is 2. The van der Waals surface area contributed by atoms with Gasteiger partial charge in [-0.3, -0.25) is 4.79 Å². The maximum absolute atomic E-state index is 11.9. The Bertz CT molecular complexity index is 607. The number of amides is 1. The quantitative estimate of drug-likeness (QED) is 0.855. The maximum Gasteiger partial charge on any atom is 0.229 e. The average molecular weight is 282 g/mol. The number of aryl methyl sites for hydroxylation is 1. The van der Waals surface area contributed by atoms with Crippen LogP contribution in [0, 0.1) is 12.3 Å². The summed E-state index contributed by atoms with van der Waals surface area (Å²) in [5.41, 5.74) is 3.70. The molecule has 0 aliphatic heterocycles. The van der Waals surface area contributed by atoms with Crippen molar-refractivity contribution in [1.29, 1.82) is 0 Å². The summed E-state index contributed by atoms with van der Waals surface area (Å²) < 4.78 is 0. The molecule has 21 heavy (non-hydrogen) atoms. The molecule has 0 fully saturated rings. The molecule has 3 heteroatoms. The van der Waals surface area contributed by atoms with Crippen molar-refractivity contribution in [2.24, 2.45) is 5.41 Å². The highest BCUT2D eigenvalue weighted by atomic mass is 16.2. The molecule has 2 N–H and O–H groups in total. The average Bonchev–Trinajstić information content (AvgIpc) is 2.42. The molecule has 0 atom stereocenters. The molecule has 0 radical (unpaired) electrons. The third-order valence-corrected chi connectivity index (χ3v) is 3.16. The summed E-state index contributed by atoms with van der Waals surface area (Å²) in [6.07, 6.45) is 0. The van der Waals surface area contributed by atoms with E-state index in [1.807, 2.05) is 57.2 Å². The highest BCUT2D eigenvalue weighted by Crippen LogP contribution is 2.21. The lowest BCUT2D eigenvalue weighted by atomic mass is 9.95. The molecule has 0 aromatic heterocycles. The molecule has 2 aromatic carbocycles. The minimum absolute atomic E-state index is 0.0155. The van der Waals surface area contributed by atoms with E-state index in [2.05, 4.69) is 29.7 Å². The summed E-state index contributed by atoms with van der Waals surface area (Å²) in [7, 11) is 0. The van der Waals surface area contributed by atoms with Crippen molar-refractivity contribution in [3.8, 4) is 0 Å². The predicted octanol–water partition coefficient (Wildman–Crippen LogP) is 4.72. The van der Waals surface area contributed by atoms with Gasteiger partial charge < -0.3 is 10.6 Å². The van der Waals surface area contributed by atoms with E-state index >= 15 is 0 Å². The summed E-state index contributed by atoms with van der Waals surface area (Å²) in [5.74, 6) is 0.0155. The van der Waals surface area contributed by atoms with Crippen LogP contribution in [-0.4, -0.2) is 5.91 Å². The molecule has 0 saturated heterocycles. The zero-order valence-corrected chi connectivity index (χ0v) is 13.0. The Morgan fingerprint density at radius 2 is 1.24 bits per heavy atom. The van der Waals surface area contributed by atoms with Crippen LogP contribution in [0.4, 0.5) is 17.1 Å². The van der Waals surface area contributed by atoms with Crippen LogP contribution in [0.2, 0.25) is 0 Å². The number of hydrogen-bond acceptors (Lipinski definition) is 2. The summed E-state index contributed by atoms with van der Waals surface area (Å²) in [6, 6.07) is 16.0. The lowest BCUT2D eigenvalue weighted by Crippen LogP contribution is -2.27. The number of carbonyl (C=O) groups excluding carboxylic acids is 1. The van der Waals surface area contributed by atoms with Crippen molar-refractivity contribution in [2.45, 2.75) is 27.7 Å². The highest BCUT2D eigenvalue weighted by molar-refractivity contribution is 5.94. The van der Waals surface area contributed by atoms with Gasteiger partial charge in [0, 0.05) is 22.5 Å². The SMILES string of the molecule is Cc1ccc(Nc2ccc(NC(=O)C(C)(C)C)cc2)cc1. The van der Waals surface area contributed by atoms with Crippen molar-refractivity contribution >= 4 is 23.0 Å². The van der Waals surface area contributed by atoms with Crippen molar-refractivity contribution in [3.63, 3.8) is 0 Å². The third kappa shape index (κ3) is 4.35. The van der Waals surface area contributed by atoms with E-state index in [-0.39, 0.29) is 5.91 Å². The van der Waals surface area contributed by atoms with Crippen molar-refractivity contribution in [1.82, 2.24) is 0 Å². The van der Waals surface area contributed by atoms with Crippen LogP contribution in [0.5, 0.6) is 0 Å². The maximum atomic E-state index is 11.9. The Hall–Kier alpha value is -2.29. The Balaban J connectivity index is 2.02. The molecule has 0 unspecified atom stereocenters. The van der Waals surface area contributed by atoms with Gasteiger partial charge in [-0.1, -0.05) is 38.5 Å². The molecule has 0 aliphatic carbocycles. The van der Waals surface area contributed by atoms with Crippen LogP contribution in [0.15, 0.2) is 48.5 Å². The molecule has 0 heterocycles. The fourth-order valence-electron chi connectivity index (χ4n) is 1.76. The van der Waals surface area contributed by atoms with E-state index in [1.54, 1.807) is 0 Å². The molecule has 3 nitrogen and oxygen atoms in total. The van der Waals surface area contributed by atoms with Crippen LogP contribution < -0.4 is 10.6 Å². The Kier molecular flexibility index (Phi) is 4.32. The number of benzene rings is 2. The lowest BCUT2D eigenvalue weighted by Gasteiger charge is -2.17. The van der Waals surface area contributed by atoms with Crippen molar-refractivity contribution < 1.29 is 4.79 Å². The second-order valence-corrected chi connectivity index (χ2v) is 6.27. The minimum Gasteiger partial charge on any atom is -0.356 e. The summed E-state index contributed by atoms with van der Waals surface area (Å²) >= 11 is 0. The first-order chi connectivity index (χ1) is 9.84. The van der Waals surface area contributed by atoms with Gasteiger partial charge >= 0.3 is 0 Å². The smallest absolute Gasteiger partial charge is 0.229 e. The molecule has 1 amide bonds. The summed E-state index contributed by atoms with van der Waals surface area (Å²) in [6.45, 7) is 7.76. The van der Waals surface area contributed by atoms with Crippen LogP contribution in [0.3, 0.4) is 0 Å². The molecule has 0 bridgehead atoms. The summed E-state index contributed by atoms with van der Waals surface area (Å²) in [4.78, 5) is 11.9. The van der Waals surface area contributed by atoms with Gasteiger partial charge in [0.2, 0.25) is 5.91 Å². The second kappa shape index (κ2) is 6.00. The third-order valence-electron chi connectivity index (χ3n) is 3.16. The topological polar surface area (TPSA) is 41.1 Å². The molecule has 0 aliphatic rings. The second-order valence-electron chi connectivity index (χ2n) is 6.27. The van der Waals surface area contributed by atoms with Crippen LogP contribution in [0.1, 0.15) is 26.3 Å². The van der Waals surface area contributed by atoms with Gasteiger partial charge in [-0.2, -0.15) is 0 Å². The van der Waals surface area contributed by atoms with E-state index in [0.29, 0.717) is 0 Å². The molecule has 0 saturated carbocycles. The van der Waals surface area contributed by atoms with Gasteiger partial charge in [-0.25, -0.2) is 0 Å². The molecule has 2 rings (SSSR count). The van der Waals surface area contributed by atoms with E-state index < -0.39 is 5.41 Å². The highest BCUT2D eigenvalue weighted by Gasteiger charge is 2.20. The van der Waals surface area contributed by atoms with Crippen molar-refractivity contribution in [3.05, 3.63) is 54.1 Å². The summed E-state index contributed by atoms with van der Waals surface area (Å²) in [5, 5.41) is 6.24. The van der Waals surface area contributed by atoms with Crippen LogP contribution in [-0.2, 0) is 4.79 Å². The lowest BCUT2D eigenvalue weighted by molar-refractivity contribution is -0.123. The number of rotatable bonds is 3. The van der Waals surface area contributed by atoms with Crippen molar-refractivity contribution in [2.75, 3.05) is 10.6 Å². The zero-order chi connectivity index (χ0) is 15.5. The van der Waals surface area contributed by atoms with E-state index in [4.69, 9.17) is 0 Å². The van der Waals surface area contributed by atoms with Gasteiger partial charge in [0.25, 0.3) is 0 Å². The van der Waals surface area contributed by atoms with Gasteiger partial charge in [0.1, 0.15) is 0 Å². The van der Waals surface area contributed by atoms with Gasteiger partial charge in [-0.15, -0.1) is 0 Å². The molecule has 2 aromatic rings. The van der Waals surface area contributed by atoms with Gasteiger partial charge in [0.05, 0.1) is 0 Å². The number of carbonyl (C=O) groups is 1. The Morgan fingerprint density at radius 3 is 1.71 bits per heavy atom. The molecular weight excluding hydrogens is 260 g/mol. The zero-order valence-electron chi connectivity index (χ0n) is 13.0. The molecular formula is C18H22N2O. The number of nitrogens with one attached hydrogen (secondary N) is 2. The largest absolute Gasteiger partial charge is 0.356 e. The Morgan fingerprint density at radius 1 is 0.810 bits per heavy atom. The first-order valence-electron chi connectivity index (χ1n) is 7.10. The van der Waals surface area contributed by atoms with Gasteiger partial charge in [0.15, 0.2) is 0 Å². The van der Waals surface area contributed by atoms with Gasteiger partial charge in [-0.05, 0) is 43.3 Å². The molecule has 110 valence electrons. The fourth-order valence-corrected chi connectivity index (χ4v) is 1.76. The van der Waals surface area contributed by atoms with E-state index in [0.717, 1.165) is 17.1 Å². The predicted molar refractivity (Wildman–Crippen MR) is 89.0 cm³/mol. The first kappa shape index (κ1) is 15.1. The standard InChI is InChI=1S/C18H22N2O/c1-13-5-7-14(8-6-13)19-15-9-11-16(12-10-15)20-17(21)18(2,3)4/h5-12,19H,1-4H3,(H,20,21). The molecule has 0 spiro atoms. The van der Waals surface area contributed by atoms with E-state index in [1.165, 1.54) is 5.56 Å². The minimum atomic E-state index is -0.390.